The molecule has 0 saturated carbocycles. The van der Waals surface area contributed by atoms with Crippen LogP contribution in [0.15, 0.2) is 24.3 Å². The molecule has 0 unspecified atom stereocenters. The Kier molecular flexibility index (Phi) is 4.73. The van der Waals surface area contributed by atoms with Crippen molar-refractivity contribution in [3.8, 4) is 11.8 Å². The number of hydrogen-bond acceptors (Lipinski definition) is 5. The van der Waals surface area contributed by atoms with E-state index in [-0.39, 0.29) is 5.88 Å². The molecule has 4 rings (SSSR count). The van der Waals surface area contributed by atoms with Crippen molar-refractivity contribution < 1.29 is 22.6 Å². The molecule has 9 heteroatoms. The summed E-state index contributed by atoms with van der Waals surface area (Å²) in [5, 5.41) is 0. The van der Waals surface area contributed by atoms with E-state index >= 15 is 0 Å². The molecule has 3 aromatic heterocycles. The Balaban J connectivity index is 1.88. The first-order chi connectivity index (χ1) is 13.9. The third kappa shape index (κ3) is 3.12. The number of benzene rings is 1. The van der Waals surface area contributed by atoms with Crippen molar-refractivity contribution in [2.75, 3.05) is 7.11 Å². The molecule has 0 aliphatic rings. The molecule has 0 amide bonds. The molecule has 0 bridgehead atoms. The Morgan fingerprint density at radius 3 is 2.48 bits per heavy atom. The average molecular weight is 402 g/mol. The van der Waals surface area contributed by atoms with Crippen molar-refractivity contribution in [2.24, 2.45) is 0 Å². The summed E-state index contributed by atoms with van der Waals surface area (Å²) in [4.78, 5) is 13.4. The summed E-state index contributed by atoms with van der Waals surface area (Å²) in [5.74, 6) is -2.08. The Morgan fingerprint density at radius 2 is 1.76 bits per heavy atom. The number of ether oxygens (including phenoxy) is 2. The monoisotopic (exact) mass is 402 g/mol. The average Bonchev–Trinajstić information content (AvgIpc) is 3.07. The van der Waals surface area contributed by atoms with Gasteiger partial charge < -0.3 is 9.47 Å². The van der Waals surface area contributed by atoms with Gasteiger partial charge in [-0.15, -0.1) is 0 Å². The maximum atomic E-state index is 14.0. The number of rotatable bonds is 5. The smallest absolute Gasteiger partial charge is 0.241 e. The van der Waals surface area contributed by atoms with E-state index in [0.717, 1.165) is 18.0 Å². The summed E-state index contributed by atoms with van der Waals surface area (Å²) in [5.41, 5.74) is 1.64. The Hall–Kier alpha value is -3.36. The van der Waals surface area contributed by atoms with Crippen molar-refractivity contribution in [1.29, 1.82) is 0 Å². The number of hydrogen-bond donors (Lipinski definition) is 0. The van der Waals surface area contributed by atoms with Crippen LogP contribution in [0.3, 0.4) is 0 Å². The first kappa shape index (κ1) is 19.0. The van der Waals surface area contributed by atoms with E-state index in [0.29, 0.717) is 34.7 Å². The Labute approximate surface area is 163 Å². The number of pyridine rings is 1. The second-order valence-corrected chi connectivity index (χ2v) is 6.37. The highest BCUT2D eigenvalue weighted by atomic mass is 19.2. The molecule has 0 aliphatic carbocycles. The molecule has 0 aliphatic heterocycles. The predicted octanol–water partition coefficient (Wildman–Crippen LogP) is 4.15. The standard InChI is InChI=1S/C20H17F3N4O2/c1-4-15-24-10(2)18-20(29-9-11-12(21)5-6-13(22)17(11)23)25-14-7-8-16(28-3)26-19(14)27(15)18/h5-8H,4,9H2,1-3H3. The predicted molar refractivity (Wildman–Crippen MR) is 99.6 cm³/mol. The summed E-state index contributed by atoms with van der Waals surface area (Å²) in [6, 6.07) is 4.93. The van der Waals surface area contributed by atoms with Gasteiger partial charge in [0.15, 0.2) is 17.3 Å². The molecule has 0 radical (unpaired) electrons. The molecule has 29 heavy (non-hydrogen) atoms. The summed E-state index contributed by atoms with van der Waals surface area (Å²) >= 11 is 0. The lowest BCUT2D eigenvalue weighted by atomic mass is 10.2. The quantitative estimate of drug-likeness (QED) is 0.469. The van der Waals surface area contributed by atoms with E-state index in [1.54, 1.807) is 23.5 Å². The second-order valence-electron chi connectivity index (χ2n) is 6.37. The van der Waals surface area contributed by atoms with Crippen molar-refractivity contribution in [2.45, 2.75) is 26.9 Å². The molecule has 0 spiro atoms. The van der Waals surface area contributed by atoms with Crippen LogP contribution in [-0.4, -0.2) is 26.5 Å². The maximum Gasteiger partial charge on any atom is 0.241 e. The van der Waals surface area contributed by atoms with Gasteiger partial charge >= 0.3 is 0 Å². The van der Waals surface area contributed by atoms with Gasteiger partial charge in [-0.1, -0.05) is 6.92 Å². The highest BCUT2D eigenvalue weighted by Crippen LogP contribution is 2.29. The van der Waals surface area contributed by atoms with Crippen LogP contribution in [0, 0.1) is 24.4 Å². The fourth-order valence-electron chi connectivity index (χ4n) is 3.20. The molecule has 0 atom stereocenters. The topological polar surface area (TPSA) is 61.5 Å². The number of nitrogens with zero attached hydrogens (tertiary/aromatic N) is 4. The third-order valence-corrected chi connectivity index (χ3v) is 4.60. The van der Waals surface area contributed by atoms with Gasteiger partial charge in [0.25, 0.3) is 0 Å². The van der Waals surface area contributed by atoms with Gasteiger partial charge in [-0.05, 0) is 25.1 Å². The van der Waals surface area contributed by atoms with Gasteiger partial charge in [0.05, 0.1) is 18.4 Å². The van der Waals surface area contributed by atoms with Crippen LogP contribution >= 0.6 is 0 Å². The van der Waals surface area contributed by atoms with Crippen LogP contribution in [-0.2, 0) is 13.0 Å². The van der Waals surface area contributed by atoms with E-state index in [2.05, 4.69) is 15.0 Å². The number of aromatic nitrogens is 4. The van der Waals surface area contributed by atoms with Gasteiger partial charge in [0.1, 0.15) is 29.3 Å². The second kappa shape index (κ2) is 7.23. The first-order valence-corrected chi connectivity index (χ1v) is 8.92. The van der Waals surface area contributed by atoms with Crippen molar-refractivity contribution in [1.82, 2.24) is 19.4 Å². The minimum Gasteiger partial charge on any atom is -0.481 e. The van der Waals surface area contributed by atoms with Gasteiger partial charge in [-0.3, -0.25) is 4.40 Å². The van der Waals surface area contributed by atoms with Gasteiger partial charge in [-0.25, -0.2) is 23.1 Å². The minimum absolute atomic E-state index is 0.122. The largest absolute Gasteiger partial charge is 0.481 e. The lowest BCUT2D eigenvalue weighted by molar-refractivity contribution is 0.282. The molecule has 150 valence electrons. The summed E-state index contributed by atoms with van der Waals surface area (Å²) in [7, 11) is 1.51. The number of fused-ring (bicyclic) bond motifs is 3. The van der Waals surface area contributed by atoms with Crippen LogP contribution in [0.1, 0.15) is 24.0 Å². The molecule has 0 fully saturated rings. The number of aryl methyl sites for hydroxylation is 2. The molecular formula is C20H17F3N4O2. The van der Waals surface area contributed by atoms with Gasteiger partial charge in [0.2, 0.25) is 11.8 Å². The highest BCUT2D eigenvalue weighted by molar-refractivity contribution is 5.79. The minimum atomic E-state index is -1.28. The summed E-state index contributed by atoms with van der Waals surface area (Å²) in [6.07, 6.45) is 0.611. The van der Waals surface area contributed by atoms with Crippen LogP contribution in [0.2, 0.25) is 0 Å². The molecule has 6 nitrogen and oxygen atoms in total. The van der Waals surface area contributed by atoms with E-state index in [9.17, 15) is 13.2 Å². The number of imidazole rings is 1. The van der Waals surface area contributed by atoms with E-state index in [1.165, 1.54) is 7.11 Å². The Morgan fingerprint density at radius 1 is 1.00 bits per heavy atom. The van der Waals surface area contributed by atoms with E-state index in [4.69, 9.17) is 9.47 Å². The van der Waals surface area contributed by atoms with Crippen LogP contribution < -0.4 is 9.47 Å². The SMILES string of the molecule is CCc1nc(C)c2c(OCc3c(F)ccc(F)c3F)nc3ccc(OC)nc3n12. The fraction of sp³-hybridized carbons (Fsp3) is 0.250. The first-order valence-electron chi connectivity index (χ1n) is 8.92. The molecule has 0 N–H and O–H groups in total. The summed E-state index contributed by atoms with van der Waals surface area (Å²) in [6.45, 7) is 3.19. The normalized spacial score (nSPS) is 11.4. The molecule has 3 heterocycles. The van der Waals surface area contributed by atoms with Crippen molar-refractivity contribution >= 4 is 16.7 Å². The zero-order valence-electron chi connectivity index (χ0n) is 16.0. The maximum absolute atomic E-state index is 14.0. The highest BCUT2D eigenvalue weighted by Gasteiger charge is 2.20. The zero-order valence-corrected chi connectivity index (χ0v) is 16.0. The number of methoxy groups -OCH3 is 1. The van der Waals surface area contributed by atoms with Crippen molar-refractivity contribution in [3.63, 3.8) is 0 Å². The fourth-order valence-corrected chi connectivity index (χ4v) is 3.20. The summed E-state index contributed by atoms with van der Waals surface area (Å²) < 4.78 is 54.1. The van der Waals surface area contributed by atoms with Crippen LogP contribution in [0.5, 0.6) is 11.8 Å². The van der Waals surface area contributed by atoms with Crippen LogP contribution in [0.25, 0.3) is 16.7 Å². The van der Waals surface area contributed by atoms with E-state index in [1.807, 2.05) is 6.92 Å². The lowest BCUT2D eigenvalue weighted by Crippen LogP contribution is -2.07. The van der Waals surface area contributed by atoms with Gasteiger partial charge in [0, 0.05) is 12.5 Å². The van der Waals surface area contributed by atoms with Gasteiger partial charge in [-0.2, -0.15) is 4.98 Å². The van der Waals surface area contributed by atoms with Crippen LogP contribution in [0.4, 0.5) is 13.2 Å². The lowest BCUT2D eigenvalue weighted by Gasteiger charge is -2.12. The van der Waals surface area contributed by atoms with Crippen molar-refractivity contribution in [3.05, 3.63) is 58.8 Å². The van der Waals surface area contributed by atoms with E-state index < -0.39 is 29.6 Å². The Bertz CT molecular complexity index is 1240. The third-order valence-electron chi connectivity index (χ3n) is 4.60. The zero-order chi connectivity index (χ0) is 20.7. The molecule has 4 aromatic rings. The molecule has 0 saturated heterocycles. The molecule has 1 aromatic carbocycles. The molecular weight excluding hydrogens is 385 g/mol. The number of halogens is 3.